The first kappa shape index (κ1) is 15.0. The molecule has 0 unspecified atom stereocenters. The van der Waals surface area contributed by atoms with Crippen LogP contribution in [0.3, 0.4) is 0 Å². The molecule has 0 heterocycles. The first-order chi connectivity index (χ1) is 10.5. The van der Waals surface area contributed by atoms with Gasteiger partial charge in [-0.25, -0.2) is 8.42 Å². The van der Waals surface area contributed by atoms with Crippen LogP contribution >= 0.6 is 0 Å². The maximum atomic E-state index is 12.8. The largest absolute Gasteiger partial charge is 0.243 e. The third-order valence-corrected chi connectivity index (χ3v) is 5.97. The second-order valence-electron chi connectivity index (χ2n) is 5.61. The molecule has 1 atom stereocenters. The molecule has 0 saturated carbocycles. The third-order valence-electron chi connectivity index (χ3n) is 4.12. The highest BCUT2D eigenvalue weighted by atomic mass is 32.2. The number of likely N-dealkylation sites (N-methyl/N-ethyl adjacent to an activating group) is 1. The number of hydrogen-bond donors (Lipinski definition) is 0. The molecule has 22 heavy (non-hydrogen) atoms. The zero-order chi connectivity index (χ0) is 15.7. The van der Waals surface area contributed by atoms with E-state index in [0.29, 0.717) is 4.90 Å². The Hall–Kier alpha value is -1.91. The van der Waals surface area contributed by atoms with Gasteiger partial charge in [0.1, 0.15) is 0 Å². The molecule has 2 aromatic carbocycles. The van der Waals surface area contributed by atoms with Gasteiger partial charge in [0, 0.05) is 7.05 Å². The third kappa shape index (κ3) is 2.60. The zero-order valence-corrected chi connectivity index (χ0v) is 13.5. The smallest absolute Gasteiger partial charge is 0.207 e. The molecule has 3 rings (SSSR count). The predicted octanol–water partition coefficient (Wildman–Crippen LogP) is 3.47. The maximum Gasteiger partial charge on any atom is 0.243 e. The molecule has 0 fully saturated rings. The molecule has 0 aliphatic heterocycles. The van der Waals surface area contributed by atoms with Crippen molar-refractivity contribution in [3.63, 3.8) is 0 Å². The fraction of sp³-hybridized carbons (Fsp3) is 0.222. The second kappa shape index (κ2) is 5.71. The van der Waals surface area contributed by atoms with Crippen molar-refractivity contribution in [2.24, 2.45) is 0 Å². The monoisotopic (exact) mass is 313 g/mol. The summed E-state index contributed by atoms with van der Waals surface area (Å²) in [6.45, 7) is 1.94. The van der Waals surface area contributed by atoms with E-state index in [1.54, 1.807) is 19.2 Å². The molecule has 0 N–H and O–H groups in total. The van der Waals surface area contributed by atoms with E-state index in [4.69, 9.17) is 0 Å². The summed E-state index contributed by atoms with van der Waals surface area (Å²) in [5.74, 6) is 0. The topological polar surface area (TPSA) is 37.4 Å². The van der Waals surface area contributed by atoms with Gasteiger partial charge in [0.25, 0.3) is 0 Å². The first-order valence-corrected chi connectivity index (χ1v) is 8.73. The molecule has 1 aliphatic carbocycles. The Morgan fingerprint density at radius 3 is 2.45 bits per heavy atom. The number of rotatable bonds is 3. The van der Waals surface area contributed by atoms with Gasteiger partial charge in [-0.15, -0.1) is 0 Å². The standard InChI is InChI=1S/C18H19NO2S/c1-14-10-12-16(13-11-14)22(20,21)19(2)18-9-5-7-15-6-3-4-8-17(15)18/h3-6,8-13,18H,7H2,1-2H3/t18-/m1/s1. The minimum atomic E-state index is -3.52. The van der Waals surface area contributed by atoms with Crippen LogP contribution in [0, 0.1) is 6.92 Å². The van der Waals surface area contributed by atoms with E-state index in [-0.39, 0.29) is 6.04 Å². The van der Waals surface area contributed by atoms with E-state index in [0.717, 1.165) is 17.5 Å². The molecule has 1 aliphatic rings. The van der Waals surface area contributed by atoms with Crippen LogP contribution in [0.1, 0.15) is 22.7 Å². The van der Waals surface area contributed by atoms with Crippen LogP contribution in [-0.4, -0.2) is 19.8 Å². The quantitative estimate of drug-likeness (QED) is 0.814. The van der Waals surface area contributed by atoms with Gasteiger partial charge in [0.05, 0.1) is 10.9 Å². The molecule has 3 nitrogen and oxygen atoms in total. The second-order valence-corrected chi connectivity index (χ2v) is 7.61. The fourth-order valence-corrected chi connectivity index (χ4v) is 4.07. The van der Waals surface area contributed by atoms with Gasteiger partial charge in [-0.1, -0.05) is 54.1 Å². The lowest BCUT2D eigenvalue weighted by Gasteiger charge is -2.29. The number of fused-ring (bicyclic) bond motifs is 1. The van der Waals surface area contributed by atoms with Crippen molar-refractivity contribution in [1.29, 1.82) is 0 Å². The predicted molar refractivity (Wildman–Crippen MR) is 88.2 cm³/mol. The Morgan fingerprint density at radius 1 is 1.05 bits per heavy atom. The van der Waals surface area contributed by atoms with E-state index in [9.17, 15) is 8.42 Å². The van der Waals surface area contributed by atoms with Crippen molar-refractivity contribution in [3.8, 4) is 0 Å². The van der Waals surface area contributed by atoms with Crippen molar-refractivity contribution < 1.29 is 8.42 Å². The van der Waals surface area contributed by atoms with Crippen LogP contribution < -0.4 is 0 Å². The van der Waals surface area contributed by atoms with Gasteiger partial charge >= 0.3 is 0 Å². The van der Waals surface area contributed by atoms with Crippen LogP contribution in [0.2, 0.25) is 0 Å². The summed E-state index contributed by atoms with van der Waals surface area (Å²) in [4.78, 5) is 0.331. The molecule has 0 amide bonds. The normalized spacial score (nSPS) is 17.5. The average Bonchev–Trinajstić information content (AvgIpc) is 2.54. The van der Waals surface area contributed by atoms with E-state index in [1.807, 2.05) is 49.4 Å². The van der Waals surface area contributed by atoms with Gasteiger partial charge in [0.15, 0.2) is 0 Å². The van der Waals surface area contributed by atoms with Gasteiger partial charge in [0.2, 0.25) is 10.0 Å². The molecule has 0 bridgehead atoms. The van der Waals surface area contributed by atoms with E-state index >= 15 is 0 Å². The minimum absolute atomic E-state index is 0.253. The molecule has 0 radical (unpaired) electrons. The van der Waals surface area contributed by atoms with Gasteiger partial charge < -0.3 is 0 Å². The Labute approximate surface area is 132 Å². The van der Waals surface area contributed by atoms with Crippen molar-refractivity contribution in [2.75, 3.05) is 7.05 Å². The number of sulfonamides is 1. The molecule has 114 valence electrons. The Morgan fingerprint density at radius 2 is 1.73 bits per heavy atom. The lowest BCUT2D eigenvalue weighted by Crippen LogP contribution is -2.31. The lowest BCUT2D eigenvalue weighted by molar-refractivity contribution is 0.422. The van der Waals surface area contributed by atoms with Gasteiger partial charge in [-0.2, -0.15) is 4.31 Å². The van der Waals surface area contributed by atoms with Gasteiger partial charge in [-0.3, -0.25) is 0 Å². The van der Waals surface area contributed by atoms with Crippen LogP contribution in [0.5, 0.6) is 0 Å². The summed E-state index contributed by atoms with van der Waals surface area (Å²) in [6, 6.07) is 14.7. The highest BCUT2D eigenvalue weighted by Crippen LogP contribution is 2.32. The SMILES string of the molecule is Cc1ccc(S(=O)(=O)N(C)[C@@H]2C=CCc3ccccc32)cc1. The summed E-state index contributed by atoms with van der Waals surface area (Å²) in [6.07, 6.45) is 4.85. The van der Waals surface area contributed by atoms with Crippen molar-refractivity contribution in [3.05, 3.63) is 77.4 Å². The number of benzene rings is 2. The Bertz CT molecular complexity index is 807. The molecule has 0 spiro atoms. The summed E-state index contributed by atoms with van der Waals surface area (Å²) >= 11 is 0. The van der Waals surface area contributed by atoms with Crippen molar-refractivity contribution in [2.45, 2.75) is 24.3 Å². The van der Waals surface area contributed by atoms with E-state index in [1.165, 1.54) is 9.87 Å². The molecular weight excluding hydrogens is 294 g/mol. The zero-order valence-electron chi connectivity index (χ0n) is 12.7. The van der Waals surface area contributed by atoms with Crippen molar-refractivity contribution >= 4 is 10.0 Å². The summed E-state index contributed by atoms with van der Waals surface area (Å²) < 4.78 is 27.1. The van der Waals surface area contributed by atoms with Gasteiger partial charge in [-0.05, 0) is 36.6 Å². The number of allylic oxidation sites excluding steroid dienone is 1. The van der Waals surface area contributed by atoms with Crippen LogP contribution in [0.4, 0.5) is 0 Å². The number of nitrogens with zero attached hydrogens (tertiary/aromatic N) is 1. The summed E-state index contributed by atoms with van der Waals surface area (Å²) in [5, 5.41) is 0. The molecule has 0 aromatic heterocycles. The highest BCUT2D eigenvalue weighted by Gasteiger charge is 2.29. The van der Waals surface area contributed by atoms with Crippen LogP contribution in [0.25, 0.3) is 0 Å². The lowest BCUT2D eigenvalue weighted by atomic mass is 9.93. The average molecular weight is 313 g/mol. The number of hydrogen-bond acceptors (Lipinski definition) is 2. The molecular formula is C18H19NO2S. The molecule has 2 aromatic rings. The Kier molecular flexibility index (Phi) is 3.89. The Balaban J connectivity index is 2.00. The minimum Gasteiger partial charge on any atom is -0.207 e. The highest BCUT2D eigenvalue weighted by molar-refractivity contribution is 7.89. The van der Waals surface area contributed by atoms with E-state index < -0.39 is 10.0 Å². The fourth-order valence-electron chi connectivity index (χ4n) is 2.78. The van der Waals surface area contributed by atoms with Crippen LogP contribution in [-0.2, 0) is 16.4 Å². The summed E-state index contributed by atoms with van der Waals surface area (Å²) in [7, 11) is -1.87. The summed E-state index contributed by atoms with van der Waals surface area (Å²) in [5.41, 5.74) is 3.29. The van der Waals surface area contributed by atoms with Crippen molar-refractivity contribution in [1.82, 2.24) is 4.31 Å². The van der Waals surface area contributed by atoms with Crippen LogP contribution in [0.15, 0.2) is 65.6 Å². The molecule has 0 saturated heterocycles. The van der Waals surface area contributed by atoms with E-state index in [2.05, 4.69) is 6.07 Å². The maximum absolute atomic E-state index is 12.8. The first-order valence-electron chi connectivity index (χ1n) is 7.29. The molecule has 4 heteroatoms. The number of aryl methyl sites for hydroxylation is 1.